The van der Waals surface area contributed by atoms with Gasteiger partial charge in [-0.25, -0.2) is 0 Å². The van der Waals surface area contributed by atoms with Crippen molar-refractivity contribution >= 4 is 17.7 Å². The van der Waals surface area contributed by atoms with E-state index in [0.29, 0.717) is 24.5 Å². The van der Waals surface area contributed by atoms with Crippen molar-refractivity contribution in [1.82, 2.24) is 5.32 Å². The molecule has 0 atom stereocenters. The number of nitrogens with one attached hydrogen (secondary N) is 1. The number of benzene rings is 3. The number of ether oxygens (including phenoxy) is 1. The van der Waals surface area contributed by atoms with Crippen LogP contribution in [0.1, 0.15) is 21.5 Å². The summed E-state index contributed by atoms with van der Waals surface area (Å²) in [6.45, 7) is 1.13. The molecule has 1 N–H and O–H groups in total. The number of rotatable bonds is 9. The van der Waals surface area contributed by atoms with E-state index in [4.69, 9.17) is 4.74 Å². The van der Waals surface area contributed by atoms with E-state index in [1.807, 2.05) is 78.5 Å². The molecule has 138 valence electrons. The molecule has 3 nitrogen and oxygen atoms in total. The molecule has 0 bridgehead atoms. The van der Waals surface area contributed by atoms with Crippen LogP contribution in [0.4, 0.5) is 0 Å². The van der Waals surface area contributed by atoms with Gasteiger partial charge in [0.15, 0.2) is 0 Å². The first-order chi connectivity index (χ1) is 13.3. The first-order valence-electron chi connectivity index (χ1n) is 8.98. The predicted octanol–water partition coefficient (Wildman–Crippen LogP) is 4.93. The fourth-order valence-corrected chi connectivity index (χ4v) is 3.39. The SMILES string of the molecule is O=C(NCCSCc1ccccc1)c1cccc(OCc2ccccc2)c1. The van der Waals surface area contributed by atoms with Gasteiger partial charge < -0.3 is 10.1 Å². The van der Waals surface area contributed by atoms with Gasteiger partial charge in [-0.05, 0) is 29.3 Å². The summed E-state index contributed by atoms with van der Waals surface area (Å²) >= 11 is 1.81. The maximum atomic E-state index is 12.3. The summed E-state index contributed by atoms with van der Waals surface area (Å²) in [6.07, 6.45) is 0. The van der Waals surface area contributed by atoms with E-state index in [-0.39, 0.29) is 5.91 Å². The van der Waals surface area contributed by atoms with Crippen molar-refractivity contribution in [2.75, 3.05) is 12.3 Å². The van der Waals surface area contributed by atoms with Gasteiger partial charge in [0, 0.05) is 23.6 Å². The minimum absolute atomic E-state index is 0.0690. The molecular weight excluding hydrogens is 354 g/mol. The molecule has 3 aromatic rings. The lowest BCUT2D eigenvalue weighted by Crippen LogP contribution is -2.25. The van der Waals surface area contributed by atoms with Gasteiger partial charge in [0.2, 0.25) is 0 Å². The Morgan fingerprint density at radius 1 is 0.852 bits per heavy atom. The van der Waals surface area contributed by atoms with E-state index < -0.39 is 0 Å². The van der Waals surface area contributed by atoms with Crippen LogP contribution >= 0.6 is 11.8 Å². The lowest BCUT2D eigenvalue weighted by Gasteiger charge is -2.09. The van der Waals surface area contributed by atoms with E-state index in [2.05, 4.69) is 17.4 Å². The lowest BCUT2D eigenvalue weighted by atomic mass is 10.2. The maximum absolute atomic E-state index is 12.3. The highest BCUT2D eigenvalue weighted by atomic mass is 32.2. The first-order valence-corrected chi connectivity index (χ1v) is 10.1. The summed E-state index contributed by atoms with van der Waals surface area (Å²) in [4.78, 5) is 12.3. The molecule has 0 spiro atoms. The Labute approximate surface area is 164 Å². The molecule has 4 heteroatoms. The van der Waals surface area contributed by atoms with Crippen molar-refractivity contribution in [2.45, 2.75) is 12.4 Å². The fourth-order valence-electron chi connectivity index (χ4n) is 2.57. The van der Waals surface area contributed by atoms with E-state index in [1.165, 1.54) is 5.56 Å². The van der Waals surface area contributed by atoms with Crippen LogP contribution in [0, 0.1) is 0 Å². The molecule has 3 rings (SSSR count). The molecule has 0 unspecified atom stereocenters. The zero-order valence-electron chi connectivity index (χ0n) is 15.1. The zero-order chi connectivity index (χ0) is 18.7. The second kappa shape index (κ2) is 10.4. The minimum Gasteiger partial charge on any atom is -0.489 e. The van der Waals surface area contributed by atoms with E-state index in [0.717, 1.165) is 17.1 Å². The maximum Gasteiger partial charge on any atom is 0.251 e. The highest BCUT2D eigenvalue weighted by molar-refractivity contribution is 7.98. The van der Waals surface area contributed by atoms with Crippen molar-refractivity contribution in [3.05, 3.63) is 102 Å². The standard InChI is InChI=1S/C23H23NO2S/c25-23(24-14-15-27-18-20-10-5-2-6-11-20)21-12-7-13-22(16-21)26-17-19-8-3-1-4-9-19/h1-13,16H,14-15,17-18H2,(H,24,25). The third-order valence-electron chi connectivity index (χ3n) is 3.99. The van der Waals surface area contributed by atoms with Crippen LogP contribution in [0.25, 0.3) is 0 Å². The molecule has 0 radical (unpaired) electrons. The van der Waals surface area contributed by atoms with Crippen molar-refractivity contribution in [1.29, 1.82) is 0 Å². The topological polar surface area (TPSA) is 38.3 Å². The van der Waals surface area contributed by atoms with Gasteiger partial charge in [-0.1, -0.05) is 66.7 Å². The number of carbonyl (C=O) groups is 1. The van der Waals surface area contributed by atoms with Crippen LogP contribution in [-0.4, -0.2) is 18.2 Å². The quantitative estimate of drug-likeness (QED) is 0.538. The van der Waals surface area contributed by atoms with E-state index in [9.17, 15) is 4.79 Å². The molecule has 0 heterocycles. The summed E-state index contributed by atoms with van der Waals surface area (Å²) in [5.41, 5.74) is 3.02. The van der Waals surface area contributed by atoms with Crippen LogP contribution in [0.5, 0.6) is 5.75 Å². The van der Waals surface area contributed by atoms with Gasteiger partial charge in [0.1, 0.15) is 12.4 Å². The van der Waals surface area contributed by atoms with Crippen LogP contribution in [0.2, 0.25) is 0 Å². The van der Waals surface area contributed by atoms with Gasteiger partial charge in [0.05, 0.1) is 0 Å². The number of carbonyl (C=O) groups excluding carboxylic acids is 1. The van der Waals surface area contributed by atoms with Gasteiger partial charge in [0.25, 0.3) is 5.91 Å². The van der Waals surface area contributed by atoms with Crippen LogP contribution in [0.15, 0.2) is 84.9 Å². The van der Waals surface area contributed by atoms with Crippen LogP contribution in [-0.2, 0) is 12.4 Å². The Morgan fingerprint density at radius 2 is 1.56 bits per heavy atom. The molecule has 1 amide bonds. The fraction of sp³-hybridized carbons (Fsp3) is 0.174. The second-order valence-corrected chi connectivity index (χ2v) is 7.20. The number of hydrogen-bond donors (Lipinski definition) is 1. The Morgan fingerprint density at radius 3 is 2.30 bits per heavy atom. The molecule has 0 aliphatic rings. The number of amides is 1. The van der Waals surface area contributed by atoms with Crippen molar-refractivity contribution in [2.24, 2.45) is 0 Å². The number of thioether (sulfide) groups is 1. The highest BCUT2D eigenvalue weighted by Crippen LogP contribution is 2.15. The van der Waals surface area contributed by atoms with Crippen molar-refractivity contribution in [3.8, 4) is 5.75 Å². The van der Waals surface area contributed by atoms with E-state index >= 15 is 0 Å². The van der Waals surface area contributed by atoms with Crippen molar-refractivity contribution in [3.63, 3.8) is 0 Å². The average molecular weight is 378 g/mol. The molecule has 0 saturated carbocycles. The first kappa shape index (κ1) is 19.1. The monoisotopic (exact) mass is 377 g/mol. The third-order valence-corrected chi connectivity index (χ3v) is 5.02. The van der Waals surface area contributed by atoms with E-state index in [1.54, 1.807) is 6.07 Å². The minimum atomic E-state index is -0.0690. The van der Waals surface area contributed by atoms with Gasteiger partial charge in [-0.2, -0.15) is 11.8 Å². The van der Waals surface area contributed by atoms with Crippen molar-refractivity contribution < 1.29 is 9.53 Å². The second-order valence-electron chi connectivity index (χ2n) is 6.10. The summed E-state index contributed by atoms with van der Waals surface area (Å²) in [6, 6.07) is 27.6. The molecule has 0 saturated heterocycles. The summed E-state index contributed by atoms with van der Waals surface area (Å²) in [7, 11) is 0. The molecule has 27 heavy (non-hydrogen) atoms. The van der Waals surface area contributed by atoms with Crippen LogP contribution in [0.3, 0.4) is 0 Å². The largest absolute Gasteiger partial charge is 0.489 e. The molecule has 0 fully saturated rings. The third kappa shape index (κ3) is 6.50. The smallest absolute Gasteiger partial charge is 0.251 e. The summed E-state index contributed by atoms with van der Waals surface area (Å²) < 4.78 is 5.79. The zero-order valence-corrected chi connectivity index (χ0v) is 16.0. The van der Waals surface area contributed by atoms with Crippen LogP contribution < -0.4 is 10.1 Å². The average Bonchev–Trinajstić information content (AvgIpc) is 2.73. The Balaban J connectivity index is 1.41. The Bertz CT molecular complexity index is 837. The normalized spacial score (nSPS) is 10.4. The highest BCUT2D eigenvalue weighted by Gasteiger charge is 2.06. The molecule has 0 aromatic heterocycles. The summed E-state index contributed by atoms with van der Waals surface area (Å²) in [5, 5.41) is 2.97. The summed E-state index contributed by atoms with van der Waals surface area (Å²) in [5.74, 6) is 2.47. The lowest BCUT2D eigenvalue weighted by molar-refractivity contribution is 0.0955. The number of hydrogen-bond acceptors (Lipinski definition) is 3. The predicted molar refractivity (Wildman–Crippen MR) is 112 cm³/mol. The van der Waals surface area contributed by atoms with Gasteiger partial charge >= 0.3 is 0 Å². The molecule has 3 aromatic carbocycles. The Hall–Kier alpha value is -2.72. The van der Waals surface area contributed by atoms with Gasteiger partial charge in [-0.15, -0.1) is 0 Å². The van der Waals surface area contributed by atoms with Gasteiger partial charge in [-0.3, -0.25) is 4.79 Å². The molecule has 0 aliphatic heterocycles. The molecule has 0 aliphatic carbocycles. The Kier molecular flexibility index (Phi) is 7.36. The molecular formula is C23H23NO2S.